The summed E-state index contributed by atoms with van der Waals surface area (Å²) in [6.45, 7) is 0.654. The van der Waals surface area contributed by atoms with Crippen molar-refractivity contribution < 1.29 is 19.8 Å². The van der Waals surface area contributed by atoms with Crippen molar-refractivity contribution in [2.45, 2.75) is 24.9 Å². The third-order valence-electron chi connectivity index (χ3n) is 1.59. The Labute approximate surface area is 93.6 Å². The van der Waals surface area contributed by atoms with Crippen LogP contribution in [-0.4, -0.2) is 47.3 Å². The largest absolute Gasteiger partial charge is 0.480 e. The molecule has 0 spiro atoms. The molecule has 96 valence electrons. The van der Waals surface area contributed by atoms with E-state index in [0.29, 0.717) is 25.9 Å². The number of aliphatic carboxylic acids is 2. The lowest BCUT2D eigenvalue weighted by Gasteiger charge is -2.00. The molecule has 0 heterocycles. The van der Waals surface area contributed by atoms with E-state index in [1.807, 2.05) is 0 Å². The first kappa shape index (κ1) is 17.2. The van der Waals surface area contributed by atoms with Crippen LogP contribution in [0.2, 0.25) is 0 Å². The summed E-state index contributed by atoms with van der Waals surface area (Å²) >= 11 is 0. The summed E-state index contributed by atoms with van der Waals surface area (Å²) < 4.78 is 0. The number of carbonyl (C=O) groups is 2. The Balaban J connectivity index is 0. The van der Waals surface area contributed by atoms with Crippen molar-refractivity contribution in [3.8, 4) is 0 Å². The minimum Gasteiger partial charge on any atom is -0.480 e. The van der Waals surface area contributed by atoms with E-state index in [0.717, 1.165) is 0 Å². The summed E-state index contributed by atoms with van der Waals surface area (Å²) in [5, 5.41) is 16.3. The summed E-state index contributed by atoms with van der Waals surface area (Å²) in [6, 6.07) is -1.58. The summed E-state index contributed by atoms with van der Waals surface area (Å²) in [6.07, 6.45) is 0.685. The fourth-order valence-corrected chi connectivity index (χ4v) is 0.606. The van der Waals surface area contributed by atoms with Crippen LogP contribution in [0.15, 0.2) is 0 Å². The van der Waals surface area contributed by atoms with Crippen molar-refractivity contribution in [3.05, 3.63) is 0 Å². The van der Waals surface area contributed by atoms with Gasteiger partial charge in [-0.15, -0.1) is 0 Å². The molecule has 0 aromatic heterocycles. The molecule has 0 fully saturated rings. The number of hydrogen-bond donors (Lipinski definition) is 6. The van der Waals surface area contributed by atoms with E-state index < -0.39 is 24.0 Å². The zero-order valence-electron chi connectivity index (χ0n) is 9.00. The maximum Gasteiger partial charge on any atom is 0.320 e. The highest BCUT2D eigenvalue weighted by molar-refractivity contribution is 5.73. The Hall–Kier alpha value is -1.22. The fraction of sp³-hybridized carbons (Fsp3) is 0.750. The van der Waals surface area contributed by atoms with Gasteiger partial charge in [0.05, 0.1) is 0 Å². The van der Waals surface area contributed by atoms with Gasteiger partial charge in [-0.05, 0) is 25.9 Å². The van der Waals surface area contributed by atoms with Gasteiger partial charge >= 0.3 is 11.9 Å². The topological polar surface area (TPSA) is 179 Å². The van der Waals surface area contributed by atoms with Crippen LogP contribution in [0.4, 0.5) is 0 Å². The normalized spacial score (nSPS) is 13.2. The molecular formula is C8H20N4O4. The quantitative estimate of drug-likeness (QED) is 0.292. The zero-order valence-corrected chi connectivity index (χ0v) is 9.00. The summed E-state index contributed by atoms with van der Waals surface area (Å²) in [5.41, 5.74) is 20.1. The number of carboxylic acids is 2. The van der Waals surface area contributed by atoms with E-state index in [-0.39, 0.29) is 0 Å². The lowest BCUT2D eigenvalue weighted by molar-refractivity contribution is -0.139. The van der Waals surface area contributed by atoms with Crippen molar-refractivity contribution in [2.24, 2.45) is 22.9 Å². The molecule has 0 saturated heterocycles. The lowest BCUT2D eigenvalue weighted by atomic mass is 10.2. The molecule has 8 nitrogen and oxygen atoms in total. The summed E-state index contributed by atoms with van der Waals surface area (Å²) in [5.74, 6) is -1.98. The molecule has 0 saturated carbocycles. The molecule has 0 unspecified atom stereocenters. The van der Waals surface area contributed by atoms with E-state index >= 15 is 0 Å². The van der Waals surface area contributed by atoms with Crippen LogP contribution in [0.5, 0.6) is 0 Å². The van der Waals surface area contributed by atoms with Crippen LogP contribution in [0.25, 0.3) is 0 Å². The van der Waals surface area contributed by atoms with Crippen molar-refractivity contribution in [2.75, 3.05) is 13.1 Å². The molecule has 8 heteroatoms. The highest BCUT2D eigenvalue weighted by Crippen LogP contribution is 1.82. The number of rotatable bonds is 6. The van der Waals surface area contributed by atoms with Gasteiger partial charge in [0, 0.05) is 0 Å². The second-order valence-corrected chi connectivity index (χ2v) is 3.04. The maximum absolute atomic E-state index is 9.91. The molecule has 0 aromatic rings. The van der Waals surface area contributed by atoms with Gasteiger partial charge in [0.2, 0.25) is 0 Å². The fourth-order valence-electron chi connectivity index (χ4n) is 0.606. The van der Waals surface area contributed by atoms with Gasteiger partial charge in [-0.1, -0.05) is 0 Å². The van der Waals surface area contributed by atoms with Crippen molar-refractivity contribution in [3.63, 3.8) is 0 Å². The van der Waals surface area contributed by atoms with E-state index in [9.17, 15) is 9.59 Å². The Morgan fingerprint density at radius 3 is 1.19 bits per heavy atom. The smallest absolute Gasteiger partial charge is 0.320 e. The van der Waals surface area contributed by atoms with Crippen LogP contribution in [0.3, 0.4) is 0 Å². The Kier molecular flexibility index (Phi) is 11.1. The van der Waals surface area contributed by atoms with E-state index in [1.165, 1.54) is 0 Å². The number of carboxylic acid groups (broad SMARTS) is 2. The molecule has 0 amide bonds. The monoisotopic (exact) mass is 236 g/mol. The van der Waals surface area contributed by atoms with Crippen molar-refractivity contribution in [1.82, 2.24) is 0 Å². The second kappa shape index (κ2) is 10.3. The van der Waals surface area contributed by atoms with Gasteiger partial charge in [-0.25, -0.2) is 0 Å². The SMILES string of the molecule is NCC[C@@H](N)C(=O)O.NCC[C@H](N)C(=O)O. The van der Waals surface area contributed by atoms with E-state index in [2.05, 4.69) is 0 Å². The van der Waals surface area contributed by atoms with Gasteiger partial charge < -0.3 is 33.1 Å². The van der Waals surface area contributed by atoms with Crippen LogP contribution >= 0.6 is 0 Å². The molecule has 0 aliphatic carbocycles. The standard InChI is InChI=1S/2C4H10N2O2/c2*5-2-1-3(6)4(7)8/h2*3H,1-2,5-6H2,(H,7,8)/t2*3-/m10/s1. The average Bonchev–Trinajstić information content (AvgIpc) is 2.19. The molecule has 16 heavy (non-hydrogen) atoms. The summed E-state index contributed by atoms with van der Waals surface area (Å²) in [7, 11) is 0. The molecular weight excluding hydrogens is 216 g/mol. The third kappa shape index (κ3) is 10.9. The second-order valence-electron chi connectivity index (χ2n) is 3.04. The lowest BCUT2D eigenvalue weighted by Crippen LogP contribution is -2.32. The average molecular weight is 236 g/mol. The molecule has 0 radical (unpaired) electrons. The summed E-state index contributed by atoms with van der Waals surface area (Å²) in [4.78, 5) is 19.8. The van der Waals surface area contributed by atoms with Gasteiger partial charge in [0.15, 0.2) is 0 Å². The number of nitrogens with two attached hydrogens (primary N) is 4. The van der Waals surface area contributed by atoms with Crippen LogP contribution in [0.1, 0.15) is 12.8 Å². The molecule has 2 atom stereocenters. The predicted octanol–water partition coefficient (Wildman–Crippen LogP) is -2.51. The first-order valence-corrected chi connectivity index (χ1v) is 4.73. The van der Waals surface area contributed by atoms with Crippen LogP contribution in [0, 0.1) is 0 Å². The maximum atomic E-state index is 9.91. The van der Waals surface area contributed by atoms with E-state index in [4.69, 9.17) is 33.1 Å². The van der Waals surface area contributed by atoms with Crippen LogP contribution in [-0.2, 0) is 9.59 Å². The highest BCUT2D eigenvalue weighted by atomic mass is 16.4. The minimum absolute atomic E-state index is 0.327. The highest BCUT2D eigenvalue weighted by Gasteiger charge is 2.08. The van der Waals surface area contributed by atoms with E-state index in [1.54, 1.807) is 0 Å². The van der Waals surface area contributed by atoms with Gasteiger partial charge in [-0.2, -0.15) is 0 Å². The first-order valence-electron chi connectivity index (χ1n) is 4.73. The van der Waals surface area contributed by atoms with Gasteiger partial charge in [-0.3, -0.25) is 9.59 Å². The Morgan fingerprint density at radius 1 is 0.875 bits per heavy atom. The first-order chi connectivity index (χ1) is 7.36. The molecule has 0 aliphatic rings. The molecule has 0 aromatic carbocycles. The molecule has 0 rings (SSSR count). The van der Waals surface area contributed by atoms with Crippen molar-refractivity contribution >= 4 is 11.9 Å². The Bertz CT molecular complexity index is 190. The third-order valence-corrected chi connectivity index (χ3v) is 1.59. The molecule has 0 bridgehead atoms. The molecule has 0 aliphatic heterocycles. The molecule has 10 N–H and O–H groups in total. The predicted molar refractivity (Wildman–Crippen MR) is 58.6 cm³/mol. The Morgan fingerprint density at radius 2 is 1.12 bits per heavy atom. The zero-order chi connectivity index (χ0) is 13.1. The van der Waals surface area contributed by atoms with Gasteiger partial charge in [0.1, 0.15) is 12.1 Å². The number of hydrogen-bond acceptors (Lipinski definition) is 6. The minimum atomic E-state index is -0.990. The van der Waals surface area contributed by atoms with Crippen LogP contribution < -0.4 is 22.9 Å². The van der Waals surface area contributed by atoms with Gasteiger partial charge in [0.25, 0.3) is 0 Å². The van der Waals surface area contributed by atoms with Crippen molar-refractivity contribution in [1.29, 1.82) is 0 Å².